The van der Waals surface area contributed by atoms with Crippen LogP contribution in [0.15, 0.2) is 18.2 Å². The Morgan fingerprint density at radius 1 is 1.38 bits per heavy atom. The van der Waals surface area contributed by atoms with E-state index < -0.39 is 7.12 Å². The molecular formula is C8H7BClIO2. The molecule has 0 radical (unpaired) electrons. The van der Waals surface area contributed by atoms with E-state index in [2.05, 4.69) is 4.01 Å². The first-order valence-corrected chi connectivity index (χ1v) is 6.66. The monoisotopic (exact) mass is 308 g/mol. The maximum Gasteiger partial charge on any atom is 0.488 e. The first-order valence-electron chi connectivity index (χ1n) is 3.79. The Labute approximate surface area is 91.4 Å². The lowest BCUT2D eigenvalue weighted by Gasteiger charge is -2.07. The van der Waals surface area contributed by atoms with Crippen molar-refractivity contribution in [3.05, 3.63) is 28.8 Å². The van der Waals surface area contributed by atoms with Crippen molar-refractivity contribution >= 4 is 48.9 Å². The van der Waals surface area contributed by atoms with Gasteiger partial charge in [-0.1, -0.05) is 17.7 Å². The molecule has 0 saturated carbocycles. The molecule has 1 atom stereocenters. The predicted molar refractivity (Wildman–Crippen MR) is 64.1 cm³/mol. The van der Waals surface area contributed by atoms with Crippen LogP contribution >= 0.6 is 32.3 Å². The van der Waals surface area contributed by atoms with Crippen LogP contribution in [0.4, 0.5) is 0 Å². The first kappa shape index (κ1) is 9.64. The summed E-state index contributed by atoms with van der Waals surface area (Å²) in [4.78, 5) is 0. The molecule has 1 aliphatic heterocycles. The molecule has 0 bridgehead atoms. The summed E-state index contributed by atoms with van der Waals surface area (Å²) in [6.07, 6.45) is 0. The zero-order chi connectivity index (χ0) is 9.42. The molecule has 2 nitrogen and oxygen atoms in total. The molecule has 13 heavy (non-hydrogen) atoms. The molecule has 5 heteroatoms. The van der Waals surface area contributed by atoms with Crippen LogP contribution in [0.2, 0.25) is 5.02 Å². The zero-order valence-corrected chi connectivity index (χ0v) is 9.53. The number of hydrogen-bond donors (Lipinski definition) is 2. The molecule has 0 spiro atoms. The topological polar surface area (TPSA) is 40.5 Å². The van der Waals surface area contributed by atoms with Gasteiger partial charge >= 0.3 is 7.12 Å². The highest BCUT2D eigenvalue weighted by atomic mass is 127. The van der Waals surface area contributed by atoms with Gasteiger partial charge in [0, 0.05) is 5.02 Å². The third-order valence-electron chi connectivity index (χ3n) is 1.88. The highest BCUT2D eigenvalue weighted by molar-refractivity contribution is 14.2. The highest BCUT2D eigenvalue weighted by Crippen LogP contribution is 2.38. The van der Waals surface area contributed by atoms with Crippen LogP contribution in [0, 0.1) is 0 Å². The summed E-state index contributed by atoms with van der Waals surface area (Å²) < 4.78 is 2.72. The summed E-state index contributed by atoms with van der Waals surface area (Å²) in [6.45, 7) is 0. The number of benzene rings is 1. The molecule has 1 aromatic rings. The van der Waals surface area contributed by atoms with E-state index in [0.29, 0.717) is 14.4 Å². The van der Waals surface area contributed by atoms with Crippen molar-refractivity contribution < 1.29 is 10.0 Å². The van der Waals surface area contributed by atoms with E-state index >= 15 is 0 Å². The van der Waals surface area contributed by atoms with Crippen LogP contribution in [0.25, 0.3) is 0 Å². The number of rotatable bonds is 2. The molecule has 2 N–H and O–H groups in total. The minimum Gasteiger partial charge on any atom is -0.423 e. The van der Waals surface area contributed by atoms with Gasteiger partial charge in [-0.15, -0.1) is 20.7 Å². The van der Waals surface area contributed by atoms with E-state index in [1.54, 1.807) is 12.1 Å². The maximum absolute atomic E-state index is 9.10. The minimum atomic E-state index is -1.41. The summed E-state index contributed by atoms with van der Waals surface area (Å²) in [5, 5.41) is 18.7. The molecule has 1 aromatic carbocycles. The Balaban J connectivity index is 2.42. The molecule has 0 fully saturated rings. The van der Waals surface area contributed by atoms with Gasteiger partial charge in [0.15, 0.2) is 0 Å². The predicted octanol–water partition coefficient (Wildman–Crippen LogP) is 0.847. The average molecular weight is 308 g/mol. The highest BCUT2D eigenvalue weighted by Gasteiger charge is 2.24. The van der Waals surface area contributed by atoms with E-state index in [1.807, 2.05) is 6.07 Å². The molecule has 2 rings (SSSR count). The molecule has 1 aliphatic rings. The first-order chi connectivity index (χ1) is 6.18. The van der Waals surface area contributed by atoms with E-state index in [-0.39, 0.29) is 20.7 Å². The van der Waals surface area contributed by atoms with Gasteiger partial charge in [-0.25, -0.2) is 0 Å². The third-order valence-corrected chi connectivity index (χ3v) is 4.22. The molecule has 0 amide bonds. The fourth-order valence-electron chi connectivity index (χ4n) is 1.19. The fourth-order valence-corrected chi connectivity index (χ4v) is 2.92. The van der Waals surface area contributed by atoms with Crippen LogP contribution < -0.4 is 5.46 Å². The van der Waals surface area contributed by atoms with E-state index in [1.165, 1.54) is 0 Å². The molecule has 68 valence electrons. The smallest absolute Gasteiger partial charge is 0.423 e. The van der Waals surface area contributed by atoms with Gasteiger partial charge in [0.1, 0.15) is 0 Å². The molecule has 0 saturated heterocycles. The van der Waals surface area contributed by atoms with Gasteiger partial charge in [-0.3, -0.25) is 0 Å². The molecular weight excluding hydrogens is 301 g/mol. The summed E-state index contributed by atoms with van der Waals surface area (Å²) in [7, 11) is -1.41. The number of halogens is 2. The summed E-state index contributed by atoms with van der Waals surface area (Å²) in [5.74, 6) is 0. The van der Waals surface area contributed by atoms with Crippen LogP contribution in [-0.4, -0.2) is 21.2 Å². The van der Waals surface area contributed by atoms with Crippen molar-refractivity contribution in [3.8, 4) is 0 Å². The van der Waals surface area contributed by atoms with E-state index in [9.17, 15) is 0 Å². The summed E-state index contributed by atoms with van der Waals surface area (Å²) >= 11 is 5.92. The van der Waals surface area contributed by atoms with Gasteiger partial charge < -0.3 is 10.0 Å². The lowest BCUT2D eigenvalue weighted by molar-refractivity contribution is 0.425. The summed E-state index contributed by atoms with van der Waals surface area (Å²) in [6, 6.07) is 5.29. The van der Waals surface area contributed by atoms with Crippen molar-refractivity contribution in [2.45, 2.75) is 3.92 Å². The summed E-state index contributed by atoms with van der Waals surface area (Å²) in [5.41, 5.74) is 1.57. The quantitative estimate of drug-likeness (QED) is 0.483. The third kappa shape index (κ3) is 2.12. The lowest BCUT2D eigenvalue weighted by atomic mass is 9.76. The fraction of sp³-hybridized carbons (Fsp3) is 0.125. The molecule has 0 aliphatic carbocycles. The van der Waals surface area contributed by atoms with Crippen LogP contribution in [0.5, 0.6) is 0 Å². The average Bonchev–Trinajstić information content (AvgIpc) is 2.87. The van der Waals surface area contributed by atoms with Crippen molar-refractivity contribution in [2.24, 2.45) is 0 Å². The normalized spacial score (nSPS) is 19.5. The van der Waals surface area contributed by atoms with Crippen LogP contribution in [0.3, 0.4) is 0 Å². The van der Waals surface area contributed by atoms with Crippen LogP contribution in [0.1, 0.15) is 9.49 Å². The lowest BCUT2D eigenvalue weighted by Crippen LogP contribution is -2.32. The Morgan fingerprint density at radius 3 is 2.62 bits per heavy atom. The molecule has 1 heterocycles. The SMILES string of the molecule is OB(O)c1cc(Cl)ccc1C1C=I1. The van der Waals surface area contributed by atoms with Crippen molar-refractivity contribution in [1.82, 2.24) is 0 Å². The van der Waals surface area contributed by atoms with Crippen LogP contribution in [-0.2, 0) is 0 Å². The van der Waals surface area contributed by atoms with E-state index in [0.717, 1.165) is 5.56 Å². The number of alkyl halides is 1. The Hall–Kier alpha value is 0.0949. The Kier molecular flexibility index (Phi) is 2.73. The molecule has 1 unspecified atom stereocenters. The molecule has 0 aromatic heterocycles. The second-order valence-corrected chi connectivity index (χ2v) is 6.02. The Bertz CT molecular complexity index is 361. The minimum absolute atomic E-state index is 0.153. The second kappa shape index (κ2) is 3.69. The van der Waals surface area contributed by atoms with Gasteiger partial charge in [0.2, 0.25) is 0 Å². The zero-order valence-electron chi connectivity index (χ0n) is 6.61. The van der Waals surface area contributed by atoms with Crippen molar-refractivity contribution in [3.63, 3.8) is 0 Å². The van der Waals surface area contributed by atoms with E-state index in [4.69, 9.17) is 21.6 Å². The standard InChI is InChI=1S/C8H7BClIO2/c10-5-1-2-6(8-4-11-8)7(3-5)9(12)13/h1-4,8,12-13H. The second-order valence-electron chi connectivity index (χ2n) is 2.80. The van der Waals surface area contributed by atoms with Gasteiger partial charge in [0.05, 0.1) is 3.92 Å². The van der Waals surface area contributed by atoms with Crippen molar-refractivity contribution in [1.29, 1.82) is 0 Å². The largest absolute Gasteiger partial charge is 0.488 e. The van der Waals surface area contributed by atoms with Gasteiger partial charge in [-0.2, -0.15) is 0 Å². The number of hydrogen-bond acceptors (Lipinski definition) is 2. The Morgan fingerprint density at radius 2 is 2.08 bits per heavy atom. The maximum atomic E-state index is 9.10. The van der Waals surface area contributed by atoms with Gasteiger partial charge in [0.25, 0.3) is 0 Å². The van der Waals surface area contributed by atoms with Crippen molar-refractivity contribution in [2.75, 3.05) is 0 Å². The van der Waals surface area contributed by atoms with Gasteiger partial charge in [-0.05, 0) is 27.2 Å².